The number of rotatable bonds is 3. The molecule has 1 aliphatic heterocycles. The number of hydrogen-bond donors (Lipinski definition) is 1. The lowest BCUT2D eigenvalue weighted by atomic mass is 9.79. The lowest BCUT2D eigenvalue weighted by Crippen LogP contribution is -2.55. The standard InChI is InChI=1S/C16H21N3O2/c1-3-21-15(20)19-10-9-16(12-17,13(2)11-19)18-14-7-5-4-6-8-14/h4-8,13,18H,3,9-11H2,1-2H3/t13-,16-/m0/s1. The van der Waals surface area contributed by atoms with Crippen LogP contribution in [0.25, 0.3) is 0 Å². The highest BCUT2D eigenvalue weighted by atomic mass is 16.6. The number of para-hydroxylation sites is 1. The molecule has 1 amide bonds. The van der Waals surface area contributed by atoms with Gasteiger partial charge in [0.2, 0.25) is 0 Å². The number of ether oxygens (including phenoxy) is 1. The number of nitrogens with zero attached hydrogens (tertiary/aromatic N) is 2. The largest absolute Gasteiger partial charge is 0.450 e. The van der Waals surface area contributed by atoms with E-state index in [4.69, 9.17) is 4.74 Å². The van der Waals surface area contributed by atoms with Crippen LogP contribution in [-0.2, 0) is 4.74 Å². The maximum absolute atomic E-state index is 11.8. The first-order valence-corrected chi connectivity index (χ1v) is 7.27. The van der Waals surface area contributed by atoms with Gasteiger partial charge in [0.05, 0.1) is 12.7 Å². The zero-order valence-corrected chi connectivity index (χ0v) is 12.5. The average Bonchev–Trinajstić information content (AvgIpc) is 2.50. The van der Waals surface area contributed by atoms with Crippen LogP contribution in [0.3, 0.4) is 0 Å². The van der Waals surface area contributed by atoms with Gasteiger partial charge >= 0.3 is 6.09 Å². The average molecular weight is 287 g/mol. The molecular weight excluding hydrogens is 266 g/mol. The second-order valence-corrected chi connectivity index (χ2v) is 5.37. The molecule has 5 nitrogen and oxygen atoms in total. The normalized spacial score (nSPS) is 25.0. The molecule has 0 spiro atoms. The number of carbonyl (C=O) groups excluding carboxylic acids is 1. The van der Waals surface area contributed by atoms with Gasteiger partial charge in [0, 0.05) is 31.1 Å². The van der Waals surface area contributed by atoms with E-state index in [0.717, 1.165) is 5.69 Å². The van der Waals surface area contributed by atoms with E-state index in [1.807, 2.05) is 37.3 Å². The second kappa shape index (κ2) is 6.49. The van der Waals surface area contributed by atoms with Crippen LogP contribution >= 0.6 is 0 Å². The molecule has 1 fully saturated rings. The fourth-order valence-corrected chi connectivity index (χ4v) is 2.67. The van der Waals surface area contributed by atoms with Crippen LogP contribution in [-0.4, -0.2) is 36.2 Å². The molecule has 1 heterocycles. The van der Waals surface area contributed by atoms with Gasteiger partial charge in [0.25, 0.3) is 0 Å². The number of benzene rings is 1. The number of anilines is 1. The number of piperidine rings is 1. The van der Waals surface area contributed by atoms with Crippen LogP contribution in [0.2, 0.25) is 0 Å². The molecule has 1 N–H and O–H groups in total. The lowest BCUT2D eigenvalue weighted by molar-refractivity contribution is 0.0806. The van der Waals surface area contributed by atoms with E-state index in [-0.39, 0.29) is 12.0 Å². The Morgan fingerprint density at radius 3 is 2.81 bits per heavy atom. The predicted molar refractivity (Wildman–Crippen MR) is 80.8 cm³/mol. The minimum absolute atomic E-state index is 0.0147. The third-order valence-corrected chi connectivity index (χ3v) is 3.98. The van der Waals surface area contributed by atoms with Crippen LogP contribution in [0, 0.1) is 17.2 Å². The van der Waals surface area contributed by atoms with Crippen molar-refractivity contribution in [2.45, 2.75) is 25.8 Å². The first-order chi connectivity index (χ1) is 10.1. The number of nitrogens with one attached hydrogen (secondary N) is 1. The Bertz CT molecular complexity index is 526. The smallest absolute Gasteiger partial charge is 0.409 e. The number of likely N-dealkylation sites (tertiary alicyclic amines) is 1. The molecule has 0 aliphatic carbocycles. The van der Waals surface area contributed by atoms with Crippen LogP contribution in [0.1, 0.15) is 20.3 Å². The van der Waals surface area contributed by atoms with E-state index in [9.17, 15) is 10.1 Å². The Balaban J connectivity index is 2.09. The molecule has 0 aromatic heterocycles. The second-order valence-electron chi connectivity index (χ2n) is 5.37. The quantitative estimate of drug-likeness (QED) is 0.928. The predicted octanol–water partition coefficient (Wildman–Crippen LogP) is 2.86. The van der Waals surface area contributed by atoms with Crippen molar-refractivity contribution in [2.24, 2.45) is 5.92 Å². The Kier molecular flexibility index (Phi) is 4.69. The van der Waals surface area contributed by atoms with E-state index in [2.05, 4.69) is 11.4 Å². The highest BCUT2D eigenvalue weighted by Gasteiger charge is 2.42. The summed E-state index contributed by atoms with van der Waals surface area (Å²) in [5.74, 6) is 0.0147. The van der Waals surface area contributed by atoms with Crippen molar-refractivity contribution in [1.82, 2.24) is 4.90 Å². The van der Waals surface area contributed by atoms with E-state index < -0.39 is 5.54 Å². The van der Waals surface area contributed by atoms with Crippen LogP contribution < -0.4 is 5.32 Å². The van der Waals surface area contributed by atoms with Gasteiger partial charge < -0.3 is 15.0 Å². The van der Waals surface area contributed by atoms with Gasteiger partial charge in [-0.15, -0.1) is 0 Å². The summed E-state index contributed by atoms with van der Waals surface area (Å²) in [6.45, 7) is 5.20. The third kappa shape index (κ3) is 3.27. The Labute approximate surface area is 125 Å². The van der Waals surface area contributed by atoms with Gasteiger partial charge in [-0.05, 0) is 19.1 Å². The summed E-state index contributed by atoms with van der Waals surface area (Å²) in [7, 11) is 0. The molecule has 21 heavy (non-hydrogen) atoms. The van der Waals surface area contributed by atoms with Gasteiger partial charge in [-0.25, -0.2) is 4.79 Å². The molecule has 5 heteroatoms. The van der Waals surface area contributed by atoms with Crippen LogP contribution in [0.15, 0.2) is 30.3 Å². The Morgan fingerprint density at radius 2 is 2.24 bits per heavy atom. The topological polar surface area (TPSA) is 65.4 Å². The van der Waals surface area contributed by atoms with Crippen molar-refractivity contribution in [3.8, 4) is 6.07 Å². The minimum Gasteiger partial charge on any atom is -0.450 e. The molecule has 112 valence electrons. The number of hydrogen-bond acceptors (Lipinski definition) is 4. The first-order valence-electron chi connectivity index (χ1n) is 7.27. The van der Waals surface area contributed by atoms with Crippen LogP contribution in [0.4, 0.5) is 10.5 Å². The van der Waals surface area contributed by atoms with Crippen LogP contribution in [0.5, 0.6) is 0 Å². The minimum atomic E-state index is -0.648. The SMILES string of the molecule is CCOC(=O)N1CC[C@@](C#N)(Nc2ccccc2)[C@@H](C)C1. The Morgan fingerprint density at radius 1 is 1.52 bits per heavy atom. The molecule has 0 bridgehead atoms. The summed E-state index contributed by atoms with van der Waals surface area (Å²) < 4.78 is 5.03. The Hall–Kier alpha value is -2.22. The zero-order valence-electron chi connectivity index (χ0n) is 12.5. The molecule has 1 aromatic rings. The third-order valence-electron chi connectivity index (χ3n) is 3.98. The van der Waals surface area contributed by atoms with Gasteiger partial charge in [0.15, 0.2) is 0 Å². The summed E-state index contributed by atoms with van der Waals surface area (Å²) in [4.78, 5) is 13.5. The molecule has 1 saturated heterocycles. The van der Waals surface area contributed by atoms with Gasteiger partial charge in [-0.2, -0.15) is 5.26 Å². The van der Waals surface area contributed by atoms with Gasteiger partial charge in [-0.1, -0.05) is 25.1 Å². The summed E-state index contributed by atoms with van der Waals surface area (Å²) >= 11 is 0. The molecule has 2 rings (SSSR count). The highest BCUT2D eigenvalue weighted by Crippen LogP contribution is 2.31. The van der Waals surface area contributed by atoms with E-state index in [0.29, 0.717) is 26.1 Å². The molecule has 0 radical (unpaired) electrons. The highest BCUT2D eigenvalue weighted by molar-refractivity contribution is 5.68. The van der Waals surface area contributed by atoms with Crippen molar-refractivity contribution in [3.05, 3.63) is 30.3 Å². The molecular formula is C16H21N3O2. The molecule has 0 unspecified atom stereocenters. The summed E-state index contributed by atoms with van der Waals surface area (Å²) in [5, 5.41) is 13.0. The van der Waals surface area contributed by atoms with Crippen molar-refractivity contribution in [2.75, 3.05) is 25.0 Å². The fraction of sp³-hybridized carbons (Fsp3) is 0.500. The number of amides is 1. The molecule has 2 atom stereocenters. The number of nitriles is 1. The van der Waals surface area contributed by atoms with Gasteiger partial charge in [-0.3, -0.25) is 0 Å². The van der Waals surface area contributed by atoms with Crippen molar-refractivity contribution >= 4 is 11.8 Å². The van der Waals surface area contributed by atoms with E-state index >= 15 is 0 Å². The molecule has 1 aliphatic rings. The van der Waals surface area contributed by atoms with Gasteiger partial charge in [0.1, 0.15) is 5.54 Å². The summed E-state index contributed by atoms with van der Waals surface area (Å²) in [5.41, 5.74) is 0.278. The number of carbonyl (C=O) groups is 1. The maximum atomic E-state index is 11.8. The molecule has 1 aromatic carbocycles. The van der Waals surface area contributed by atoms with E-state index in [1.54, 1.807) is 11.8 Å². The van der Waals surface area contributed by atoms with Crippen molar-refractivity contribution in [3.63, 3.8) is 0 Å². The monoisotopic (exact) mass is 287 g/mol. The van der Waals surface area contributed by atoms with E-state index in [1.165, 1.54) is 0 Å². The first kappa shape index (κ1) is 15.2. The summed E-state index contributed by atoms with van der Waals surface area (Å²) in [6, 6.07) is 12.1. The summed E-state index contributed by atoms with van der Waals surface area (Å²) in [6.07, 6.45) is 0.286. The molecule has 0 saturated carbocycles. The zero-order chi connectivity index (χ0) is 15.3. The van der Waals surface area contributed by atoms with Crippen molar-refractivity contribution < 1.29 is 9.53 Å². The maximum Gasteiger partial charge on any atom is 0.409 e. The fourth-order valence-electron chi connectivity index (χ4n) is 2.67. The van der Waals surface area contributed by atoms with Crippen molar-refractivity contribution in [1.29, 1.82) is 5.26 Å². The lowest BCUT2D eigenvalue weighted by Gasteiger charge is -2.42.